The normalized spacial score (nSPS) is 9.75. The SMILES string of the molecule is O=C(O)CNC(C(=O)O)C(=O)O. The molecule has 0 aliphatic heterocycles. The lowest BCUT2D eigenvalue weighted by atomic mass is 10.3. The second-order valence-electron chi connectivity index (χ2n) is 1.88. The maximum Gasteiger partial charge on any atom is 0.332 e. The van der Waals surface area contributed by atoms with Crippen molar-refractivity contribution in [2.24, 2.45) is 0 Å². The van der Waals surface area contributed by atoms with Gasteiger partial charge in [-0.05, 0) is 0 Å². The van der Waals surface area contributed by atoms with Crippen LogP contribution in [0.2, 0.25) is 0 Å². The number of aliphatic carboxylic acids is 3. The molecule has 0 radical (unpaired) electrons. The van der Waals surface area contributed by atoms with Gasteiger partial charge < -0.3 is 15.3 Å². The fraction of sp³-hybridized carbons (Fsp3) is 0.400. The van der Waals surface area contributed by atoms with Crippen molar-refractivity contribution < 1.29 is 29.7 Å². The predicted octanol–water partition coefficient (Wildman–Crippen LogP) is -1.80. The molecule has 0 aliphatic carbocycles. The summed E-state index contributed by atoms with van der Waals surface area (Å²) in [5, 5.41) is 26.3. The van der Waals surface area contributed by atoms with E-state index < -0.39 is 30.5 Å². The predicted molar refractivity (Wildman–Crippen MR) is 34.7 cm³/mol. The van der Waals surface area contributed by atoms with E-state index in [2.05, 4.69) is 0 Å². The Hall–Kier alpha value is -1.63. The molecule has 7 nitrogen and oxygen atoms in total. The van der Waals surface area contributed by atoms with Crippen molar-refractivity contribution in [2.75, 3.05) is 6.54 Å². The van der Waals surface area contributed by atoms with Gasteiger partial charge in [0, 0.05) is 0 Å². The third kappa shape index (κ3) is 3.52. The number of carbonyl (C=O) groups is 3. The molecule has 0 atom stereocenters. The molecule has 0 heterocycles. The lowest BCUT2D eigenvalue weighted by molar-refractivity contribution is -0.151. The van der Waals surface area contributed by atoms with Crippen LogP contribution in [-0.2, 0) is 14.4 Å². The maximum atomic E-state index is 10.1. The molecule has 12 heavy (non-hydrogen) atoms. The Kier molecular flexibility index (Phi) is 3.71. The summed E-state index contributed by atoms with van der Waals surface area (Å²) in [6.07, 6.45) is 0. The van der Waals surface area contributed by atoms with E-state index in [-0.39, 0.29) is 0 Å². The lowest BCUT2D eigenvalue weighted by Gasteiger charge is -2.06. The number of carboxylic acids is 3. The van der Waals surface area contributed by atoms with Gasteiger partial charge in [-0.1, -0.05) is 0 Å². The van der Waals surface area contributed by atoms with Gasteiger partial charge in [-0.3, -0.25) is 10.1 Å². The minimum atomic E-state index is -1.87. The molecule has 0 bridgehead atoms. The first kappa shape index (κ1) is 10.4. The number of nitrogens with one attached hydrogen (secondary N) is 1. The molecule has 0 fully saturated rings. The van der Waals surface area contributed by atoms with E-state index in [9.17, 15) is 14.4 Å². The van der Waals surface area contributed by atoms with Crippen LogP contribution in [0, 0.1) is 0 Å². The highest BCUT2D eigenvalue weighted by Gasteiger charge is 2.25. The van der Waals surface area contributed by atoms with Gasteiger partial charge in [0.1, 0.15) is 0 Å². The second-order valence-corrected chi connectivity index (χ2v) is 1.88. The summed E-state index contributed by atoms with van der Waals surface area (Å²) in [6, 6.07) is -1.87. The van der Waals surface area contributed by atoms with Gasteiger partial charge in [-0.25, -0.2) is 9.59 Å². The van der Waals surface area contributed by atoms with Gasteiger partial charge in [0.15, 0.2) is 0 Å². The molecule has 7 heteroatoms. The van der Waals surface area contributed by atoms with E-state index in [1.54, 1.807) is 0 Å². The molecule has 4 N–H and O–H groups in total. The van der Waals surface area contributed by atoms with Gasteiger partial charge in [0.25, 0.3) is 0 Å². The molecule has 0 saturated carbocycles. The molecule has 0 saturated heterocycles. The van der Waals surface area contributed by atoms with Crippen LogP contribution >= 0.6 is 0 Å². The first-order chi connectivity index (χ1) is 5.45. The molecule has 0 rings (SSSR count). The van der Waals surface area contributed by atoms with Crippen LogP contribution in [0.3, 0.4) is 0 Å². The first-order valence-electron chi connectivity index (χ1n) is 2.86. The third-order valence-electron chi connectivity index (χ3n) is 0.951. The Morgan fingerprint density at radius 2 is 1.50 bits per heavy atom. The minimum absolute atomic E-state index is 0.705. The smallest absolute Gasteiger partial charge is 0.332 e. The van der Waals surface area contributed by atoms with Crippen LogP contribution in [0.4, 0.5) is 0 Å². The van der Waals surface area contributed by atoms with Crippen molar-refractivity contribution >= 4 is 17.9 Å². The Bertz CT molecular complexity index is 198. The highest BCUT2D eigenvalue weighted by atomic mass is 16.4. The summed E-state index contributed by atoms with van der Waals surface area (Å²) >= 11 is 0. The van der Waals surface area contributed by atoms with Crippen molar-refractivity contribution in [3.8, 4) is 0 Å². The van der Waals surface area contributed by atoms with Gasteiger partial charge in [0.2, 0.25) is 6.04 Å². The Labute approximate surface area is 66.6 Å². The number of rotatable bonds is 5. The fourth-order valence-electron chi connectivity index (χ4n) is 0.470. The highest BCUT2D eigenvalue weighted by molar-refractivity contribution is 5.97. The molecular formula is C5H7NO6. The zero-order chi connectivity index (χ0) is 9.72. The Morgan fingerprint density at radius 1 is 1.08 bits per heavy atom. The van der Waals surface area contributed by atoms with Crippen LogP contribution in [-0.4, -0.2) is 45.8 Å². The highest BCUT2D eigenvalue weighted by Crippen LogP contribution is 1.83. The van der Waals surface area contributed by atoms with E-state index in [0.29, 0.717) is 0 Å². The van der Waals surface area contributed by atoms with Crippen molar-refractivity contribution in [3.05, 3.63) is 0 Å². The van der Waals surface area contributed by atoms with Crippen molar-refractivity contribution in [2.45, 2.75) is 6.04 Å². The second kappa shape index (κ2) is 4.29. The van der Waals surface area contributed by atoms with Gasteiger partial charge >= 0.3 is 17.9 Å². The largest absolute Gasteiger partial charge is 0.480 e. The van der Waals surface area contributed by atoms with E-state index >= 15 is 0 Å². The molecule has 0 spiro atoms. The number of carboxylic acid groups (broad SMARTS) is 3. The summed E-state index contributed by atoms with van der Waals surface area (Å²) in [7, 11) is 0. The average Bonchev–Trinajstić information content (AvgIpc) is 1.84. The van der Waals surface area contributed by atoms with Crippen molar-refractivity contribution in [1.82, 2.24) is 5.32 Å². The van der Waals surface area contributed by atoms with Crippen LogP contribution in [0.15, 0.2) is 0 Å². The van der Waals surface area contributed by atoms with E-state index in [1.807, 2.05) is 5.32 Å². The summed E-state index contributed by atoms with van der Waals surface area (Å²) in [5.41, 5.74) is 0. The van der Waals surface area contributed by atoms with Crippen LogP contribution in [0.5, 0.6) is 0 Å². The minimum Gasteiger partial charge on any atom is -0.480 e. The summed E-state index contributed by atoms with van der Waals surface area (Å²) in [6.45, 7) is -0.705. The maximum absolute atomic E-state index is 10.1. The monoisotopic (exact) mass is 177 g/mol. The van der Waals surface area contributed by atoms with Gasteiger partial charge in [-0.15, -0.1) is 0 Å². The van der Waals surface area contributed by atoms with Crippen LogP contribution in [0.1, 0.15) is 0 Å². The van der Waals surface area contributed by atoms with E-state index in [4.69, 9.17) is 15.3 Å². The molecule has 0 amide bonds. The summed E-state index contributed by atoms with van der Waals surface area (Å²) in [5.74, 6) is -4.56. The molecular weight excluding hydrogens is 170 g/mol. The standard InChI is InChI=1S/C5H7NO6/c7-2(8)1-6-3(4(9)10)5(11)12/h3,6H,1H2,(H,7,8)(H,9,10)(H,11,12). The van der Waals surface area contributed by atoms with E-state index in [1.165, 1.54) is 0 Å². The molecule has 0 aromatic carbocycles. The number of hydrogen-bond acceptors (Lipinski definition) is 4. The molecule has 68 valence electrons. The summed E-state index contributed by atoms with van der Waals surface area (Å²) < 4.78 is 0. The zero-order valence-corrected chi connectivity index (χ0v) is 5.85. The Morgan fingerprint density at radius 3 is 1.75 bits per heavy atom. The quantitative estimate of drug-likeness (QED) is 0.365. The van der Waals surface area contributed by atoms with E-state index in [0.717, 1.165) is 0 Å². The number of hydrogen-bond donors (Lipinski definition) is 4. The average molecular weight is 177 g/mol. The third-order valence-corrected chi connectivity index (χ3v) is 0.951. The fourth-order valence-corrected chi connectivity index (χ4v) is 0.470. The molecule has 0 aromatic rings. The topological polar surface area (TPSA) is 124 Å². The van der Waals surface area contributed by atoms with Gasteiger partial charge in [-0.2, -0.15) is 0 Å². The summed E-state index contributed by atoms with van der Waals surface area (Å²) in [4.78, 5) is 30.1. The first-order valence-corrected chi connectivity index (χ1v) is 2.86. The molecule has 0 unspecified atom stereocenters. The molecule has 0 aromatic heterocycles. The van der Waals surface area contributed by atoms with Gasteiger partial charge in [0.05, 0.1) is 6.54 Å². The van der Waals surface area contributed by atoms with Crippen LogP contribution < -0.4 is 5.32 Å². The lowest BCUT2D eigenvalue weighted by Crippen LogP contribution is -2.45. The van der Waals surface area contributed by atoms with Crippen molar-refractivity contribution in [1.29, 1.82) is 0 Å². The van der Waals surface area contributed by atoms with Crippen molar-refractivity contribution in [3.63, 3.8) is 0 Å². The van der Waals surface area contributed by atoms with Crippen LogP contribution in [0.25, 0.3) is 0 Å². The zero-order valence-electron chi connectivity index (χ0n) is 5.85. The Balaban J connectivity index is 4.06. The molecule has 0 aliphatic rings.